The van der Waals surface area contributed by atoms with Gasteiger partial charge in [-0.1, -0.05) is 24.3 Å². The molecule has 0 atom stereocenters. The van der Waals surface area contributed by atoms with E-state index in [0.717, 1.165) is 12.0 Å². The average Bonchev–Trinajstić information content (AvgIpc) is 2.27. The second-order valence-corrected chi connectivity index (χ2v) is 6.59. The molecule has 0 aliphatic carbocycles. The largest absolute Gasteiger partial charge is 0.290 e. The summed E-state index contributed by atoms with van der Waals surface area (Å²) in [5, 5.41) is 15.9. The number of nitrogens with one attached hydrogen (secondary N) is 2. The molecule has 1 rings (SSSR count). The summed E-state index contributed by atoms with van der Waals surface area (Å²) in [4.78, 5) is 0. The van der Waals surface area contributed by atoms with Gasteiger partial charge in [0, 0.05) is 27.8 Å². The molecule has 6 heteroatoms. The monoisotopic (exact) mass is 255 g/mol. The van der Waals surface area contributed by atoms with E-state index in [2.05, 4.69) is 4.36 Å². The third kappa shape index (κ3) is 4.97. The first-order valence-corrected chi connectivity index (χ1v) is 7.46. The highest BCUT2D eigenvalue weighted by Crippen LogP contribution is 2.05. The van der Waals surface area contributed by atoms with Gasteiger partial charge in [-0.3, -0.25) is 20.3 Å². The van der Waals surface area contributed by atoms with Gasteiger partial charge in [0.2, 0.25) is 0 Å². The lowest BCUT2D eigenvalue weighted by Gasteiger charge is -2.03. The summed E-state index contributed by atoms with van der Waals surface area (Å²) in [5.41, 5.74) is 3.47. The van der Waals surface area contributed by atoms with Gasteiger partial charge in [-0.05, 0) is 12.0 Å². The Bertz CT molecular complexity index is 494. The molecule has 0 aliphatic heterocycles. The molecule has 1 aromatic rings. The molecule has 0 fully saturated rings. The zero-order valence-corrected chi connectivity index (χ0v) is 10.8. The summed E-state index contributed by atoms with van der Waals surface area (Å²) in [6.45, 7) is 0.529. The third-order valence-corrected chi connectivity index (χ3v) is 2.96. The van der Waals surface area contributed by atoms with Crippen molar-refractivity contribution in [1.29, 1.82) is 5.41 Å². The van der Waals surface area contributed by atoms with Crippen molar-refractivity contribution in [1.82, 2.24) is 5.48 Å². The van der Waals surface area contributed by atoms with Crippen LogP contribution in [0.15, 0.2) is 28.6 Å². The topological polar surface area (TPSA) is 85.5 Å². The normalized spacial score (nSPS) is 11.0. The summed E-state index contributed by atoms with van der Waals surface area (Å²) >= 11 is 0. The molecule has 0 bridgehead atoms. The molecule has 0 radical (unpaired) electrons. The van der Waals surface area contributed by atoms with Crippen molar-refractivity contribution in [3.8, 4) is 0 Å². The summed E-state index contributed by atoms with van der Waals surface area (Å²) < 4.78 is 15.4. The lowest BCUT2D eigenvalue weighted by atomic mass is 10.1. The second-order valence-electron chi connectivity index (χ2n) is 3.97. The van der Waals surface area contributed by atoms with E-state index in [1.54, 1.807) is 30.1 Å². The van der Waals surface area contributed by atoms with Gasteiger partial charge >= 0.3 is 0 Å². The molecular formula is C11H17N3O2S. The maximum Gasteiger partial charge on any atom is 0.149 e. The van der Waals surface area contributed by atoms with Crippen LogP contribution in [0.2, 0.25) is 0 Å². The van der Waals surface area contributed by atoms with Gasteiger partial charge in [0.05, 0.1) is 6.54 Å². The van der Waals surface area contributed by atoms with Gasteiger partial charge in [-0.25, -0.2) is 4.36 Å². The zero-order valence-electron chi connectivity index (χ0n) is 9.93. The molecule has 0 aliphatic rings. The van der Waals surface area contributed by atoms with Crippen LogP contribution in [-0.2, 0) is 16.1 Å². The van der Waals surface area contributed by atoms with E-state index in [0.29, 0.717) is 12.1 Å². The van der Waals surface area contributed by atoms with Crippen molar-refractivity contribution in [3.63, 3.8) is 0 Å². The standard InChI is InChI=1S/C11H17N3O2S/c1-17(2,16)13-8-7-9-3-5-10(6-4-9)11(12)14-15/h3-6,15H,7-8H2,1-2H3,(H2,12,14). The molecule has 0 amide bonds. The quantitative estimate of drug-likeness (QED) is 0.430. The first kappa shape index (κ1) is 13.7. The smallest absolute Gasteiger partial charge is 0.149 e. The summed E-state index contributed by atoms with van der Waals surface area (Å²) in [5.74, 6) is -0.0358. The highest BCUT2D eigenvalue weighted by atomic mass is 32.2. The van der Waals surface area contributed by atoms with Crippen LogP contribution < -0.4 is 5.48 Å². The SMILES string of the molecule is CS(C)(=O)=NCCc1ccc(C(=N)NO)cc1. The van der Waals surface area contributed by atoms with Crippen molar-refractivity contribution < 1.29 is 9.42 Å². The van der Waals surface area contributed by atoms with Crippen molar-refractivity contribution in [3.05, 3.63) is 35.4 Å². The fraction of sp³-hybridized carbons (Fsp3) is 0.364. The Labute approximate surface area is 102 Å². The number of hydroxylamine groups is 1. The molecule has 1 aromatic carbocycles. The number of rotatable bonds is 4. The van der Waals surface area contributed by atoms with Gasteiger partial charge in [-0.2, -0.15) is 0 Å². The fourth-order valence-electron chi connectivity index (χ4n) is 1.30. The molecule has 0 saturated carbocycles. The van der Waals surface area contributed by atoms with Crippen molar-refractivity contribution >= 4 is 15.6 Å². The van der Waals surface area contributed by atoms with E-state index < -0.39 is 9.73 Å². The van der Waals surface area contributed by atoms with Crippen molar-refractivity contribution in [2.24, 2.45) is 4.36 Å². The van der Waals surface area contributed by atoms with Gasteiger partial charge in [0.1, 0.15) is 5.84 Å². The van der Waals surface area contributed by atoms with E-state index in [4.69, 9.17) is 10.6 Å². The van der Waals surface area contributed by atoms with Crippen LogP contribution >= 0.6 is 0 Å². The first-order chi connectivity index (χ1) is 7.92. The Morgan fingerprint density at radius 2 is 2.00 bits per heavy atom. The summed E-state index contributed by atoms with van der Waals surface area (Å²) in [6, 6.07) is 7.22. The number of benzene rings is 1. The Morgan fingerprint density at radius 3 is 2.47 bits per heavy atom. The average molecular weight is 255 g/mol. The van der Waals surface area contributed by atoms with Crippen molar-refractivity contribution in [2.75, 3.05) is 19.1 Å². The van der Waals surface area contributed by atoms with Crippen LogP contribution in [0.5, 0.6) is 0 Å². The van der Waals surface area contributed by atoms with Crippen molar-refractivity contribution in [2.45, 2.75) is 6.42 Å². The number of nitrogens with zero attached hydrogens (tertiary/aromatic N) is 1. The van der Waals surface area contributed by atoms with Crippen LogP contribution in [0.1, 0.15) is 11.1 Å². The molecule has 94 valence electrons. The molecule has 3 N–H and O–H groups in total. The minimum Gasteiger partial charge on any atom is -0.290 e. The lowest BCUT2D eigenvalue weighted by Crippen LogP contribution is -2.18. The predicted octanol–water partition coefficient (Wildman–Crippen LogP) is 1.26. The van der Waals surface area contributed by atoms with E-state index >= 15 is 0 Å². The molecular weight excluding hydrogens is 238 g/mol. The second kappa shape index (κ2) is 5.79. The first-order valence-electron chi connectivity index (χ1n) is 5.13. The van der Waals surface area contributed by atoms with Crippen LogP contribution in [-0.4, -0.2) is 34.3 Å². The van der Waals surface area contributed by atoms with Gasteiger partial charge in [0.15, 0.2) is 0 Å². The fourth-order valence-corrected chi connectivity index (χ4v) is 1.83. The molecule has 5 nitrogen and oxygen atoms in total. The Morgan fingerprint density at radius 1 is 1.41 bits per heavy atom. The summed E-state index contributed by atoms with van der Waals surface area (Å²) in [6.07, 6.45) is 3.95. The molecule has 0 heterocycles. The Balaban J connectivity index is 2.64. The van der Waals surface area contributed by atoms with Crippen LogP contribution in [0.25, 0.3) is 0 Å². The van der Waals surface area contributed by atoms with Crippen LogP contribution in [0.3, 0.4) is 0 Å². The molecule has 0 aromatic heterocycles. The minimum atomic E-state index is -2.02. The minimum absolute atomic E-state index is 0.0358. The van der Waals surface area contributed by atoms with Gasteiger partial charge < -0.3 is 0 Å². The van der Waals surface area contributed by atoms with E-state index in [1.807, 2.05) is 12.1 Å². The van der Waals surface area contributed by atoms with E-state index in [1.165, 1.54) is 0 Å². The molecule has 0 unspecified atom stereocenters. The highest BCUT2D eigenvalue weighted by molar-refractivity contribution is 7.92. The van der Waals surface area contributed by atoms with E-state index in [9.17, 15) is 4.21 Å². The Kier molecular flexibility index (Phi) is 4.65. The zero-order chi connectivity index (χ0) is 12.9. The predicted molar refractivity (Wildman–Crippen MR) is 69.2 cm³/mol. The van der Waals surface area contributed by atoms with Crippen LogP contribution in [0.4, 0.5) is 0 Å². The number of amidine groups is 1. The molecule has 17 heavy (non-hydrogen) atoms. The maximum atomic E-state index is 11.3. The molecule has 0 spiro atoms. The maximum absolute atomic E-state index is 11.3. The Hall–Kier alpha value is -1.40. The van der Waals surface area contributed by atoms with Crippen LogP contribution in [0, 0.1) is 5.41 Å². The lowest BCUT2D eigenvalue weighted by molar-refractivity contribution is 0.234. The number of hydrogen-bond acceptors (Lipinski definition) is 4. The number of hydrogen-bond donors (Lipinski definition) is 3. The van der Waals surface area contributed by atoms with E-state index in [-0.39, 0.29) is 5.84 Å². The third-order valence-electron chi connectivity index (χ3n) is 2.16. The highest BCUT2D eigenvalue weighted by Gasteiger charge is 1.99. The summed E-state index contributed by atoms with van der Waals surface area (Å²) in [7, 11) is -2.02. The molecule has 0 saturated heterocycles. The van der Waals surface area contributed by atoms with Gasteiger partial charge in [-0.15, -0.1) is 0 Å². The van der Waals surface area contributed by atoms with Gasteiger partial charge in [0.25, 0.3) is 0 Å².